The lowest BCUT2D eigenvalue weighted by atomic mass is 10.0. The Morgan fingerprint density at radius 3 is 2.36 bits per heavy atom. The van der Waals surface area contributed by atoms with E-state index in [2.05, 4.69) is 32.6 Å². The first-order valence-electron chi connectivity index (χ1n) is 11.9. The maximum Gasteiger partial charge on any atom is 0.313 e. The van der Waals surface area contributed by atoms with E-state index in [1.807, 2.05) is 36.4 Å². The summed E-state index contributed by atoms with van der Waals surface area (Å²) in [4.78, 5) is 29.6. The van der Waals surface area contributed by atoms with E-state index in [0.29, 0.717) is 11.5 Å². The molecule has 1 atom stereocenters. The highest BCUT2D eigenvalue weighted by Crippen LogP contribution is 2.35. The molecule has 2 heterocycles. The van der Waals surface area contributed by atoms with Crippen LogP contribution in [-0.2, 0) is 9.59 Å². The Morgan fingerprint density at radius 1 is 0.861 bits per heavy atom. The molecule has 186 valence electrons. The van der Waals surface area contributed by atoms with Gasteiger partial charge in [0.05, 0.1) is 11.7 Å². The van der Waals surface area contributed by atoms with Crippen LogP contribution in [0.1, 0.15) is 11.6 Å². The van der Waals surface area contributed by atoms with Gasteiger partial charge >= 0.3 is 11.8 Å². The van der Waals surface area contributed by atoms with Gasteiger partial charge in [0.15, 0.2) is 11.5 Å². The molecule has 0 radical (unpaired) electrons. The summed E-state index contributed by atoms with van der Waals surface area (Å²) in [5.41, 5.74) is 2.08. The monoisotopic (exact) mass is 490 g/mol. The van der Waals surface area contributed by atoms with Crippen molar-refractivity contribution < 1.29 is 23.5 Å². The molecule has 36 heavy (non-hydrogen) atoms. The number of hydrogen-bond donors (Lipinski definition) is 2. The van der Waals surface area contributed by atoms with Crippen LogP contribution in [0.3, 0.4) is 0 Å². The van der Waals surface area contributed by atoms with Crippen molar-refractivity contribution in [2.45, 2.75) is 6.04 Å². The Bertz CT molecular complexity index is 1230. The van der Waals surface area contributed by atoms with E-state index < -0.39 is 17.6 Å². The van der Waals surface area contributed by atoms with E-state index in [1.165, 1.54) is 23.9 Å². The Kier molecular flexibility index (Phi) is 6.99. The van der Waals surface area contributed by atoms with E-state index in [-0.39, 0.29) is 25.1 Å². The molecule has 0 aromatic heterocycles. The van der Waals surface area contributed by atoms with Crippen molar-refractivity contribution >= 4 is 23.2 Å². The zero-order valence-corrected chi connectivity index (χ0v) is 19.7. The van der Waals surface area contributed by atoms with Gasteiger partial charge < -0.3 is 25.0 Å². The summed E-state index contributed by atoms with van der Waals surface area (Å²) < 4.78 is 24.9. The van der Waals surface area contributed by atoms with Gasteiger partial charge in [-0.05, 0) is 42.0 Å². The van der Waals surface area contributed by atoms with Crippen LogP contribution in [0.2, 0.25) is 0 Å². The topological polar surface area (TPSA) is 83.1 Å². The number of carbonyl (C=O) groups excluding carboxylic acids is 2. The number of nitrogens with one attached hydrogen (secondary N) is 2. The summed E-state index contributed by atoms with van der Waals surface area (Å²) in [6, 6.07) is 21.5. The van der Waals surface area contributed by atoms with Crippen LogP contribution in [0.15, 0.2) is 72.8 Å². The largest absolute Gasteiger partial charge is 0.454 e. The predicted octanol–water partition coefficient (Wildman–Crippen LogP) is 3.17. The van der Waals surface area contributed by atoms with Crippen LogP contribution in [0, 0.1) is 5.82 Å². The molecule has 0 unspecified atom stereocenters. The quantitative estimate of drug-likeness (QED) is 0.517. The molecular weight excluding hydrogens is 463 g/mol. The summed E-state index contributed by atoms with van der Waals surface area (Å²) >= 11 is 0. The Morgan fingerprint density at radius 2 is 1.58 bits per heavy atom. The van der Waals surface area contributed by atoms with Crippen molar-refractivity contribution in [2.24, 2.45) is 0 Å². The molecule has 1 saturated heterocycles. The number of para-hydroxylation sites is 2. The second-order valence-corrected chi connectivity index (χ2v) is 8.63. The van der Waals surface area contributed by atoms with E-state index in [4.69, 9.17) is 9.47 Å². The number of nitrogens with zero attached hydrogens (tertiary/aromatic N) is 2. The van der Waals surface area contributed by atoms with Crippen molar-refractivity contribution in [3.8, 4) is 11.5 Å². The van der Waals surface area contributed by atoms with E-state index >= 15 is 0 Å². The fourth-order valence-electron chi connectivity index (χ4n) is 4.52. The van der Waals surface area contributed by atoms with Crippen LogP contribution in [-0.4, -0.2) is 56.2 Å². The van der Waals surface area contributed by atoms with Gasteiger partial charge in [-0.2, -0.15) is 0 Å². The molecule has 3 aromatic carbocycles. The van der Waals surface area contributed by atoms with E-state index in [1.54, 1.807) is 6.07 Å². The van der Waals surface area contributed by atoms with Crippen molar-refractivity contribution in [2.75, 3.05) is 49.7 Å². The van der Waals surface area contributed by atoms with E-state index in [0.717, 1.165) is 31.7 Å². The number of anilines is 2. The molecule has 0 spiro atoms. The third-order valence-corrected chi connectivity index (χ3v) is 6.44. The van der Waals surface area contributed by atoms with Gasteiger partial charge in [-0.1, -0.05) is 36.4 Å². The Balaban J connectivity index is 1.28. The fourth-order valence-corrected chi connectivity index (χ4v) is 4.52. The van der Waals surface area contributed by atoms with Crippen LogP contribution < -0.4 is 25.0 Å². The summed E-state index contributed by atoms with van der Waals surface area (Å²) in [6.07, 6.45) is 0. The third kappa shape index (κ3) is 5.26. The molecule has 0 bridgehead atoms. The van der Waals surface area contributed by atoms with Gasteiger partial charge in [0, 0.05) is 38.4 Å². The molecule has 0 saturated carbocycles. The summed E-state index contributed by atoms with van der Waals surface area (Å²) in [5.74, 6) is -1.01. The zero-order valence-electron chi connectivity index (χ0n) is 19.7. The molecule has 2 aliphatic rings. The second-order valence-electron chi connectivity index (χ2n) is 8.63. The van der Waals surface area contributed by atoms with Gasteiger partial charge in [-0.3, -0.25) is 14.5 Å². The standard InChI is InChI=1S/C27H27FN4O4/c28-21-8-4-5-9-22(21)30-27(34)26(33)29-17-23(19-10-11-24-25(16-19)36-18-35-24)32-14-12-31(13-15-32)20-6-2-1-3-7-20/h1-11,16,23H,12-15,17-18H2,(H,29,33)(H,30,34)/t23-/m0/s1. The number of carbonyl (C=O) groups is 2. The molecule has 3 aromatic rings. The molecule has 2 amide bonds. The fraction of sp³-hybridized carbons (Fsp3) is 0.259. The lowest BCUT2D eigenvalue weighted by Gasteiger charge is -2.40. The number of piperazine rings is 1. The first-order valence-corrected chi connectivity index (χ1v) is 11.9. The number of amides is 2. The first-order chi connectivity index (χ1) is 17.6. The van der Waals surface area contributed by atoms with Gasteiger partial charge in [-0.15, -0.1) is 0 Å². The van der Waals surface area contributed by atoms with Crippen LogP contribution in [0.25, 0.3) is 0 Å². The first kappa shape index (κ1) is 23.6. The molecule has 5 rings (SSSR count). The number of rotatable bonds is 6. The molecule has 9 heteroatoms. The van der Waals surface area contributed by atoms with Crippen LogP contribution in [0.4, 0.5) is 15.8 Å². The van der Waals surface area contributed by atoms with Crippen LogP contribution in [0.5, 0.6) is 11.5 Å². The number of ether oxygens (including phenoxy) is 2. The highest BCUT2D eigenvalue weighted by molar-refractivity contribution is 6.39. The summed E-state index contributed by atoms with van der Waals surface area (Å²) in [7, 11) is 0. The minimum absolute atomic E-state index is 0.0398. The average Bonchev–Trinajstić information content (AvgIpc) is 3.39. The van der Waals surface area contributed by atoms with Gasteiger partial charge in [0.2, 0.25) is 6.79 Å². The zero-order chi connectivity index (χ0) is 24.9. The van der Waals surface area contributed by atoms with Gasteiger partial charge in [0.25, 0.3) is 0 Å². The molecule has 1 fully saturated rings. The number of hydrogen-bond acceptors (Lipinski definition) is 6. The lowest BCUT2D eigenvalue weighted by molar-refractivity contribution is -0.136. The Labute approximate surface area is 208 Å². The van der Waals surface area contributed by atoms with E-state index in [9.17, 15) is 14.0 Å². The highest BCUT2D eigenvalue weighted by atomic mass is 19.1. The average molecular weight is 491 g/mol. The summed E-state index contributed by atoms with van der Waals surface area (Å²) in [6.45, 7) is 3.57. The number of fused-ring (bicyclic) bond motifs is 1. The van der Waals surface area contributed by atoms with Gasteiger partial charge in [-0.25, -0.2) is 4.39 Å². The van der Waals surface area contributed by atoms with Crippen molar-refractivity contribution in [1.29, 1.82) is 0 Å². The minimum atomic E-state index is -0.918. The predicted molar refractivity (Wildman–Crippen MR) is 134 cm³/mol. The minimum Gasteiger partial charge on any atom is -0.454 e. The smallest absolute Gasteiger partial charge is 0.313 e. The van der Waals surface area contributed by atoms with Crippen molar-refractivity contribution in [3.63, 3.8) is 0 Å². The molecule has 2 aliphatic heterocycles. The lowest BCUT2D eigenvalue weighted by Crippen LogP contribution is -2.50. The Hall–Kier alpha value is -4.11. The summed E-state index contributed by atoms with van der Waals surface area (Å²) in [5, 5.41) is 5.06. The maximum absolute atomic E-state index is 13.9. The van der Waals surface area contributed by atoms with Crippen LogP contribution >= 0.6 is 0 Å². The van der Waals surface area contributed by atoms with Crippen molar-refractivity contribution in [3.05, 3.63) is 84.2 Å². The molecule has 8 nitrogen and oxygen atoms in total. The molecular formula is C27H27FN4O4. The maximum atomic E-state index is 13.9. The second kappa shape index (κ2) is 10.7. The number of benzene rings is 3. The third-order valence-electron chi connectivity index (χ3n) is 6.44. The number of halogens is 1. The highest BCUT2D eigenvalue weighted by Gasteiger charge is 2.28. The normalized spacial score (nSPS) is 15.9. The van der Waals surface area contributed by atoms with Gasteiger partial charge in [0.1, 0.15) is 5.82 Å². The SMILES string of the molecule is O=C(NC[C@@H](c1ccc2c(c1)OCO2)N1CCN(c2ccccc2)CC1)C(=O)Nc1ccccc1F. The van der Waals surface area contributed by atoms with Crippen molar-refractivity contribution in [1.82, 2.24) is 10.2 Å². The molecule has 0 aliphatic carbocycles. The molecule has 2 N–H and O–H groups in total.